The van der Waals surface area contributed by atoms with Crippen molar-refractivity contribution in [2.24, 2.45) is 5.10 Å². The molecule has 6 heteroatoms. The highest BCUT2D eigenvalue weighted by atomic mass is 35.5. The van der Waals surface area contributed by atoms with E-state index in [0.29, 0.717) is 5.02 Å². The van der Waals surface area contributed by atoms with Gasteiger partial charge in [-0.25, -0.2) is 5.01 Å². The number of furan rings is 1. The van der Waals surface area contributed by atoms with E-state index in [9.17, 15) is 0 Å². The predicted octanol–water partition coefficient (Wildman–Crippen LogP) is 5.24. The predicted molar refractivity (Wildman–Crippen MR) is 93.6 cm³/mol. The second-order valence-electron chi connectivity index (χ2n) is 5.79. The summed E-state index contributed by atoms with van der Waals surface area (Å²) in [5.41, 5.74) is 2.00. The van der Waals surface area contributed by atoms with Crippen LogP contribution < -0.4 is 4.74 Å². The molecule has 4 heterocycles. The van der Waals surface area contributed by atoms with Gasteiger partial charge in [-0.05, 0) is 41.8 Å². The average molecular weight is 357 g/mol. The first-order valence-corrected chi connectivity index (χ1v) is 8.94. The number of fused-ring (bicyclic) bond motifs is 3. The summed E-state index contributed by atoms with van der Waals surface area (Å²) in [5, 5.41) is 9.60. The molecule has 0 unspecified atom stereocenters. The summed E-state index contributed by atoms with van der Waals surface area (Å²) in [6, 6.07) is 13.8. The minimum Gasteiger partial charge on any atom is -0.464 e. The van der Waals surface area contributed by atoms with Gasteiger partial charge in [0, 0.05) is 17.0 Å². The van der Waals surface area contributed by atoms with Gasteiger partial charge in [-0.1, -0.05) is 17.7 Å². The second kappa shape index (κ2) is 5.40. The molecule has 3 aromatic rings. The quantitative estimate of drug-likeness (QED) is 0.630. The highest BCUT2D eigenvalue weighted by molar-refractivity contribution is 7.10. The lowest BCUT2D eigenvalue weighted by Crippen LogP contribution is -2.33. The Kier molecular flexibility index (Phi) is 3.18. The minimum absolute atomic E-state index is 0.0969. The van der Waals surface area contributed by atoms with Gasteiger partial charge in [0.25, 0.3) is 0 Å². The zero-order chi connectivity index (χ0) is 16.1. The number of hydrogen-bond acceptors (Lipinski definition) is 5. The molecule has 2 aromatic heterocycles. The number of halogens is 1. The van der Waals surface area contributed by atoms with Gasteiger partial charge in [0.1, 0.15) is 17.2 Å². The Balaban J connectivity index is 1.62. The molecule has 0 bridgehead atoms. The SMILES string of the molecule is Clc1ccc2c(c1)[C@H]1CC(c3ccco3)=NN1[C@@H](c1cccs1)O2. The maximum atomic E-state index is 6.25. The molecule has 1 aromatic carbocycles. The zero-order valence-corrected chi connectivity index (χ0v) is 14.1. The summed E-state index contributed by atoms with van der Waals surface area (Å²) in [7, 11) is 0. The number of thiophene rings is 1. The van der Waals surface area contributed by atoms with Crippen LogP contribution in [0, 0.1) is 0 Å². The molecule has 24 heavy (non-hydrogen) atoms. The van der Waals surface area contributed by atoms with Crippen molar-refractivity contribution in [1.82, 2.24) is 5.01 Å². The standard InChI is InChI=1S/C18H13ClN2O2S/c19-11-5-6-15-12(9-11)14-10-13(16-3-1-7-22-16)20-21(14)18(23-15)17-4-2-8-24-17/h1-9,14,18H,10H2/t14-,18-/m1/s1. The van der Waals surface area contributed by atoms with Crippen molar-refractivity contribution in [3.8, 4) is 5.75 Å². The number of hydrazone groups is 1. The van der Waals surface area contributed by atoms with E-state index in [0.717, 1.165) is 34.1 Å². The maximum Gasteiger partial charge on any atom is 0.222 e. The van der Waals surface area contributed by atoms with E-state index in [1.54, 1.807) is 17.6 Å². The van der Waals surface area contributed by atoms with Crippen LogP contribution in [0.25, 0.3) is 0 Å². The molecule has 2 atom stereocenters. The first kappa shape index (κ1) is 14.1. The molecular formula is C18H13ClN2O2S. The van der Waals surface area contributed by atoms with Crippen molar-refractivity contribution < 1.29 is 9.15 Å². The Morgan fingerprint density at radius 3 is 2.96 bits per heavy atom. The van der Waals surface area contributed by atoms with Crippen molar-refractivity contribution in [2.45, 2.75) is 18.7 Å². The molecule has 0 fully saturated rings. The number of nitrogens with zero attached hydrogens (tertiary/aromatic N) is 2. The van der Waals surface area contributed by atoms with Gasteiger partial charge in [-0.3, -0.25) is 0 Å². The monoisotopic (exact) mass is 356 g/mol. The summed E-state index contributed by atoms with van der Waals surface area (Å²) in [6.45, 7) is 0. The molecular weight excluding hydrogens is 344 g/mol. The van der Waals surface area contributed by atoms with Gasteiger partial charge < -0.3 is 9.15 Å². The van der Waals surface area contributed by atoms with Crippen molar-refractivity contribution in [3.05, 3.63) is 75.3 Å². The van der Waals surface area contributed by atoms with Crippen molar-refractivity contribution >= 4 is 28.6 Å². The Morgan fingerprint density at radius 2 is 2.17 bits per heavy atom. The van der Waals surface area contributed by atoms with Gasteiger partial charge >= 0.3 is 0 Å². The van der Waals surface area contributed by atoms with E-state index in [-0.39, 0.29) is 12.3 Å². The highest BCUT2D eigenvalue weighted by Gasteiger charge is 2.41. The minimum atomic E-state index is -0.226. The molecule has 0 N–H and O–H groups in total. The van der Waals surface area contributed by atoms with Crippen molar-refractivity contribution in [3.63, 3.8) is 0 Å². The number of rotatable bonds is 2. The normalized spacial score (nSPS) is 21.9. The third kappa shape index (κ3) is 2.16. The summed E-state index contributed by atoms with van der Waals surface area (Å²) in [4.78, 5) is 1.13. The summed E-state index contributed by atoms with van der Waals surface area (Å²) in [5.74, 6) is 1.67. The number of ether oxygens (including phenoxy) is 1. The highest BCUT2D eigenvalue weighted by Crippen LogP contribution is 2.48. The zero-order valence-electron chi connectivity index (χ0n) is 12.6. The van der Waals surface area contributed by atoms with Crippen LogP contribution in [-0.4, -0.2) is 10.7 Å². The summed E-state index contributed by atoms with van der Waals surface area (Å²) < 4.78 is 11.8. The van der Waals surface area contributed by atoms with Gasteiger partial charge in [0.2, 0.25) is 6.23 Å². The summed E-state index contributed by atoms with van der Waals surface area (Å²) >= 11 is 7.88. The fraction of sp³-hybridized carbons (Fsp3) is 0.167. The number of hydrogen-bond donors (Lipinski definition) is 0. The first-order valence-electron chi connectivity index (χ1n) is 7.69. The van der Waals surface area contributed by atoms with Crippen LogP contribution in [-0.2, 0) is 0 Å². The molecule has 0 aliphatic carbocycles. The Labute approximate surface area is 147 Å². The molecule has 5 rings (SSSR count). The Morgan fingerprint density at radius 1 is 1.21 bits per heavy atom. The van der Waals surface area contributed by atoms with E-state index < -0.39 is 0 Å². The lowest BCUT2D eigenvalue weighted by atomic mass is 9.98. The van der Waals surface area contributed by atoms with E-state index in [4.69, 9.17) is 25.9 Å². The largest absolute Gasteiger partial charge is 0.464 e. The molecule has 0 saturated carbocycles. The third-order valence-corrected chi connectivity index (χ3v) is 5.48. The molecule has 4 nitrogen and oxygen atoms in total. The summed E-state index contributed by atoms with van der Waals surface area (Å²) in [6.07, 6.45) is 2.22. The van der Waals surface area contributed by atoms with E-state index in [1.165, 1.54) is 0 Å². The van der Waals surface area contributed by atoms with E-state index in [1.807, 2.05) is 41.4 Å². The Bertz CT molecular complexity index is 905. The fourth-order valence-corrected chi connectivity index (χ4v) is 4.19. The van der Waals surface area contributed by atoms with Crippen LogP contribution in [0.2, 0.25) is 5.02 Å². The van der Waals surface area contributed by atoms with E-state index >= 15 is 0 Å². The lowest BCUT2D eigenvalue weighted by Gasteiger charge is -2.37. The molecule has 0 amide bonds. The molecule has 2 aliphatic heterocycles. The van der Waals surface area contributed by atoms with Crippen LogP contribution in [0.1, 0.15) is 34.9 Å². The van der Waals surface area contributed by atoms with Gasteiger partial charge in [0.05, 0.1) is 17.2 Å². The van der Waals surface area contributed by atoms with Gasteiger partial charge in [-0.2, -0.15) is 5.10 Å². The van der Waals surface area contributed by atoms with Crippen LogP contribution in [0.5, 0.6) is 5.75 Å². The van der Waals surface area contributed by atoms with Crippen LogP contribution in [0.15, 0.2) is 63.6 Å². The number of benzene rings is 1. The van der Waals surface area contributed by atoms with Crippen LogP contribution in [0.4, 0.5) is 0 Å². The smallest absolute Gasteiger partial charge is 0.222 e. The van der Waals surface area contributed by atoms with Crippen molar-refractivity contribution in [2.75, 3.05) is 0 Å². The molecule has 2 aliphatic rings. The first-order chi connectivity index (χ1) is 11.8. The van der Waals surface area contributed by atoms with E-state index in [2.05, 4.69) is 11.4 Å². The lowest BCUT2D eigenvalue weighted by molar-refractivity contribution is -0.0165. The molecule has 0 saturated heterocycles. The molecule has 0 spiro atoms. The van der Waals surface area contributed by atoms with Crippen LogP contribution >= 0.6 is 22.9 Å². The van der Waals surface area contributed by atoms with Gasteiger partial charge in [-0.15, -0.1) is 11.3 Å². The van der Waals surface area contributed by atoms with Crippen LogP contribution in [0.3, 0.4) is 0 Å². The fourth-order valence-electron chi connectivity index (χ4n) is 3.27. The maximum absolute atomic E-state index is 6.25. The molecule has 120 valence electrons. The third-order valence-electron chi connectivity index (χ3n) is 4.34. The topological polar surface area (TPSA) is 38.0 Å². The molecule has 0 radical (unpaired) electrons. The Hall–Kier alpha value is -2.24. The average Bonchev–Trinajstić information content (AvgIpc) is 3.33. The second-order valence-corrected chi connectivity index (χ2v) is 7.21. The van der Waals surface area contributed by atoms with Crippen molar-refractivity contribution in [1.29, 1.82) is 0 Å². The van der Waals surface area contributed by atoms with Gasteiger partial charge in [0.15, 0.2) is 0 Å².